The summed E-state index contributed by atoms with van der Waals surface area (Å²) in [6.45, 7) is 7.11. The molecule has 186 valence electrons. The Bertz CT molecular complexity index is 1490. The number of ether oxygens (including phenoxy) is 1. The summed E-state index contributed by atoms with van der Waals surface area (Å²) in [6.07, 6.45) is 3.87. The lowest BCUT2D eigenvalue weighted by Gasteiger charge is -2.14. The number of para-hydroxylation sites is 1. The first-order valence-corrected chi connectivity index (χ1v) is 13.3. The lowest BCUT2D eigenvalue weighted by Crippen LogP contribution is -2.27. The van der Waals surface area contributed by atoms with Gasteiger partial charge in [-0.1, -0.05) is 72.0 Å². The molecule has 3 aromatic carbocycles. The SMILES string of the molecule is CCOc1ccc(-c2nn(-c3ccccc3)cc2/C=C2/SC(=S)N(Cc3ccc(C)cc3)C2=O)cc1C. The molecule has 0 saturated carbocycles. The molecule has 0 radical (unpaired) electrons. The second-order valence-corrected chi connectivity index (χ2v) is 10.6. The van der Waals surface area contributed by atoms with Crippen molar-refractivity contribution in [2.75, 3.05) is 6.61 Å². The molecule has 7 heteroatoms. The number of hydrogen-bond acceptors (Lipinski definition) is 5. The third-order valence-corrected chi connectivity index (χ3v) is 7.51. The molecular formula is C30H27N3O2S2. The molecule has 1 amide bonds. The highest BCUT2D eigenvalue weighted by atomic mass is 32.2. The van der Waals surface area contributed by atoms with E-state index in [1.165, 1.54) is 17.3 Å². The summed E-state index contributed by atoms with van der Waals surface area (Å²) >= 11 is 6.92. The van der Waals surface area contributed by atoms with E-state index >= 15 is 0 Å². The topological polar surface area (TPSA) is 47.4 Å². The molecule has 1 aliphatic heterocycles. The normalized spacial score (nSPS) is 14.6. The molecule has 0 N–H and O–H groups in total. The highest BCUT2D eigenvalue weighted by Crippen LogP contribution is 2.36. The molecule has 1 aliphatic rings. The maximum Gasteiger partial charge on any atom is 0.266 e. The smallest absolute Gasteiger partial charge is 0.266 e. The van der Waals surface area contributed by atoms with E-state index in [0.29, 0.717) is 22.4 Å². The van der Waals surface area contributed by atoms with Crippen LogP contribution in [0.5, 0.6) is 5.75 Å². The highest BCUT2D eigenvalue weighted by molar-refractivity contribution is 8.26. The van der Waals surface area contributed by atoms with Crippen LogP contribution in [-0.4, -0.2) is 31.5 Å². The van der Waals surface area contributed by atoms with Crippen LogP contribution >= 0.6 is 24.0 Å². The summed E-state index contributed by atoms with van der Waals surface area (Å²) in [5.41, 5.74) is 6.80. The van der Waals surface area contributed by atoms with E-state index in [0.717, 1.165) is 39.4 Å². The van der Waals surface area contributed by atoms with Crippen molar-refractivity contribution >= 4 is 40.3 Å². The second-order valence-electron chi connectivity index (χ2n) is 8.88. The lowest BCUT2D eigenvalue weighted by molar-refractivity contribution is -0.122. The number of carbonyl (C=O) groups is 1. The number of thiocarbonyl (C=S) groups is 1. The maximum atomic E-state index is 13.4. The van der Waals surface area contributed by atoms with Gasteiger partial charge in [-0.3, -0.25) is 9.69 Å². The quantitative estimate of drug-likeness (QED) is 0.193. The number of nitrogens with zero attached hydrogens (tertiary/aromatic N) is 3. The molecule has 0 aliphatic carbocycles. The van der Waals surface area contributed by atoms with Gasteiger partial charge in [0.25, 0.3) is 5.91 Å². The molecule has 1 aromatic heterocycles. The Morgan fingerprint density at radius 3 is 2.49 bits per heavy atom. The molecule has 4 aromatic rings. The molecular weight excluding hydrogens is 498 g/mol. The molecule has 0 bridgehead atoms. The van der Waals surface area contributed by atoms with Crippen molar-refractivity contribution in [2.24, 2.45) is 0 Å². The Hall–Kier alpha value is -3.68. The first-order chi connectivity index (χ1) is 17.9. The number of aromatic nitrogens is 2. The Morgan fingerprint density at radius 2 is 1.78 bits per heavy atom. The van der Waals surface area contributed by atoms with Crippen molar-refractivity contribution in [3.63, 3.8) is 0 Å². The van der Waals surface area contributed by atoms with E-state index in [1.54, 1.807) is 4.90 Å². The van der Waals surface area contributed by atoms with Crippen LogP contribution in [-0.2, 0) is 11.3 Å². The van der Waals surface area contributed by atoms with Gasteiger partial charge in [0.2, 0.25) is 0 Å². The first kappa shape index (κ1) is 25.0. The summed E-state index contributed by atoms with van der Waals surface area (Å²) in [5.74, 6) is 0.768. The van der Waals surface area contributed by atoms with Crippen LogP contribution in [0.15, 0.2) is 83.9 Å². The maximum absolute atomic E-state index is 13.4. The zero-order valence-electron chi connectivity index (χ0n) is 21.0. The van der Waals surface area contributed by atoms with E-state index in [2.05, 4.69) is 6.07 Å². The number of amides is 1. The minimum absolute atomic E-state index is 0.0862. The van der Waals surface area contributed by atoms with Crippen LogP contribution < -0.4 is 4.74 Å². The number of aryl methyl sites for hydroxylation is 2. The van der Waals surface area contributed by atoms with E-state index in [1.807, 2.05) is 104 Å². The fraction of sp³-hybridized carbons (Fsp3) is 0.167. The van der Waals surface area contributed by atoms with Crippen molar-refractivity contribution in [2.45, 2.75) is 27.3 Å². The van der Waals surface area contributed by atoms with Gasteiger partial charge < -0.3 is 4.74 Å². The third kappa shape index (κ3) is 5.38. The molecule has 0 unspecified atom stereocenters. The van der Waals surface area contributed by atoms with E-state index in [9.17, 15) is 4.79 Å². The minimum Gasteiger partial charge on any atom is -0.494 e. The zero-order valence-corrected chi connectivity index (χ0v) is 22.6. The van der Waals surface area contributed by atoms with Crippen LogP contribution in [0, 0.1) is 13.8 Å². The van der Waals surface area contributed by atoms with Crippen molar-refractivity contribution in [3.05, 3.63) is 106 Å². The van der Waals surface area contributed by atoms with Crippen molar-refractivity contribution < 1.29 is 9.53 Å². The van der Waals surface area contributed by atoms with Gasteiger partial charge in [0.05, 0.1) is 23.7 Å². The molecule has 1 saturated heterocycles. The predicted octanol–water partition coefficient (Wildman–Crippen LogP) is 6.96. The van der Waals surface area contributed by atoms with Gasteiger partial charge in [0.15, 0.2) is 0 Å². The molecule has 37 heavy (non-hydrogen) atoms. The van der Waals surface area contributed by atoms with Gasteiger partial charge in [-0.05, 0) is 68.3 Å². The van der Waals surface area contributed by atoms with Crippen LogP contribution in [0.25, 0.3) is 23.0 Å². The molecule has 5 rings (SSSR count). The summed E-state index contributed by atoms with van der Waals surface area (Å²) in [6, 6.07) is 24.2. The second kappa shape index (κ2) is 10.7. The van der Waals surface area contributed by atoms with E-state index in [4.69, 9.17) is 22.1 Å². The van der Waals surface area contributed by atoms with Gasteiger partial charge in [-0.2, -0.15) is 5.10 Å². The monoisotopic (exact) mass is 525 g/mol. The average molecular weight is 526 g/mol. The van der Waals surface area contributed by atoms with Crippen molar-refractivity contribution in [1.29, 1.82) is 0 Å². The summed E-state index contributed by atoms with van der Waals surface area (Å²) < 4.78 is 8.14. The molecule has 0 atom stereocenters. The number of thioether (sulfide) groups is 1. The molecule has 2 heterocycles. The number of hydrogen-bond donors (Lipinski definition) is 0. The first-order valence-electron chi connectivity index (χ1n) is 12.1. The van der Waals surface area contributed by atoms with Gasteiger partial charge in [-0.25, -0.2) is 4.68 Å². The van der Waals surface area contributed by atoms with Gasteiger partial charge in [-0.15, -0.1) is 0 Å². The fourth-order valence-corrected chi connectivity index (χ4v) is 5.44. The van der Waals surface area contributed by atoms with Crippen molar-refractivity contribution in [1.82, 2.24) is 14.7 Å². The van der Waals surface area contributed by atoms with E-state index < -0.39 is 0 Å². The van der Waals surface area contributed by atoms with Gasteiger partial charge >= 0.3 is 0 Å². The Labute approximate surface area is 226 Å². The van der Waals surface area contributed by atoms with Gasteiger partial charge in [0.1, 0.15) is 15.8 Å². The van der Waals surface area contributed by atoms with Crippen LogP contribution in [0.3, 0.4) is 0 Å². The van der Waals surface area contributed by atoms with Crippen LogP contribution in [0.4, 0.5) is 0 Å². The lowest BCUT2D eigenvalue weighted by atomic mass is 10.0. The standard InChI is InChI=1S/C30H27N3O2S2/c1-4-35-26-15-14-23(16-21(26)3)28-24(19-33(31-28)25-8-6-5-7-9-25)17-27-29(34)32(30(36)37-27)18-22-12-10-20(2)11-13-22/h5-17,19H,4,18H2,1-3H3/b27-17+. The van der Waals surface area contributed by atoms with Crippen LogP contribution in [0.2, 0.25) is 0 Å². The third-order valence-electron chi connectivity index (χ3n) is 6.13. The Morgan fingerprint density at radius 1 is 1.03 bits per heavy atom. The molecule has 1 fully saturated rings. The largest absolute Gasteiger partial charge is 0.494 e. The Balaban J connectivity index is 1.52. The number of rotatable bonds is 7. The Kier molecular flexibility index (Phi) is 7.26. The van der Waals surface area contributed by atoms with Crippen LogP contribution in [0.1, 0.15) is 29.2 Å². The highest BCUT2D eigenvalue weighted by Gasteiger charge is 2.32. The summed E-state index contributed by atoms with van der Waals surface area (Å²) in [4.78, 5) is 15.6. The number of benzene rings is 3. The molecule has 5 nitrogen and oxygen atoms in total. The molecule has 0 spiro atoms. The minimum atomic E-state index is -0.0862. The summed E-state index contributed by atoms with van der Waals surface area (Å²) in [5, 5.41) is 4.91. The zero-order chi connectivity index (χ0) is 25.9. The van der Waals surface area contributed by atoms with Gasteiger partial charge in [0, 0.05) is 17.3 Å². The average Bonchev–Trinajstić information content (AvgIpc) is 3.43. The van der Waals surface area contributed by atoms with Crippen molar-refractivity contribution in [3.8, 4) is 22.7 Å². The fourth-order valence-electron chi connectivity index (χ4n) is 4.20. The van der Waals surface area contributed by atoms with E-state index in [-0.39, 0.29) is 5.91 Å². The summed E-state index contributed by atoms with van der Waals surface area (Å²) in [7, 11) is 0. The predicted molar refractivity (Wildman–Crippen MR) is 155 cm³/mol. The number of carbonyl (C=O) groups excluding carboxylic acids is 1.